The number of nitrogens with two attached hydrogens (primary N) is 1. The zero-order chi connectivity index (χ0) is 7.72. The van der Waals surface area contributed by atoms with E-state index in [1.165, 1.54) is 4.57 Å². The molecular formula is C5H8BN3O. The van der Waals surface area contributed by atoms with Crippen LogP contribution in [-0.2, 0) is 7.05 Å². The van der Waals surface area contributed by atoms with Crippen LogP contribution in [0.1, 0.15) is 0 Å². The molecule has 0 saturated carbocycles. The minimum atomic E-state index is -0.317. The molecule has 10 heavy (non-hydrogen) atoms. The molecule has 1 aromatic heterocycles. The second kappa shape index (κ2) is 2.17. The largest absolute Gasteiger partial charge is 0.384 e. The molecule has 2 N–H and O–H groups in total. The van der Waals surface area contributed by atoms with Gasteiger partial charge in [0.1, 0.15) is 13.7 Å². The Morgan fingerprint density at radius 2 is 2.40 bits per heavy atom. The Hall–Kier alpha value is -1.26. The van der Waals surface area contributed by atoms with Gasteiger partial charge in [-0.1, -0.05) is 0 Å². The number of aromatic nitrogens is 2. The molecule has 0 bridgehead atoms. The van der Waals surface area contributed by atoms with Gasteiger partial charge in [0.15, 0.2) is 0 Å². The van der Waals surface area contributed by atoms with Gasteiger partial charge < -0.3 is 10.3 Å². The molecule has 0 aliphatic rings. The summed E-state index contributed by atoms with van der Waals surface area (Å²) < 4.78 is 1.39. The van der Waals surface area contributed by atoms with Crippen LogP contribution >= 0.6 is 0 Å². The number of nitrogen functional groups attached to an aromatic ring is 1. The Morgan fingerprint density at radius 1 is 1.80 bits per heavy atom. The van der Waals surface area contributed by atoms with Crippen LogP contribution in [-0.4, -0.2) is 17.4 Å². The van der Waals surface area contributed by atoms with Crippen molar-refractivity contribution >= 4 is 19.1 Å². The van der Waals surface area contributed by atoms with E-state index in [0.29, 0.717) is 5.82 Å². The first kappa shape index (κ1) is 6.86. The fourth-order valence-electron chi connectivity index (χ4n) is 0.682. The highest BCUT2D eigenvalue weighted by Gasteiger charge is 1.96. The standard InChI is InChI=1S/C5H8BN3O/c1-9-2-3(6)4(7)8-5(9)10/h2H,6H2,1H3,(H2,7,8,10). The molecule has 1 rings (SSSR count). The first-order chi connectivity index (χ1) is 4.61. The van der Waals surface area contributed by atoms with E-state index in [1.54, 1.807) is 13.2 Å². The van der Waals surface area contributed by atoms with E-state index in [4.69, 9.17) is 5.73 Å². The number of aryl methyl sites for hydroxylation is 1. The zero-order valence-corrected chi connectivity index (χ0v) is 5.96. The van der Waals surface area contributed by atoms with Crippen LogP contribution < -0.4 is 16.9 Å². The Kier molecular flexibility index (Phi) is 1.49. The van der Waals surface area contributed by atoms with Gasteiger partial charge in [0.2, 0.25) is 0 Å². The van der Waals surface area contributed by atoms with E-state index < -0.39 is 0 Å². The van der Waals surface area contributed by atoms with E-state index in [9.17, 15) is 4.79 Å². The van der Waals surface area contributed by atoms with Crippen molar-refractivity contribution in [3.05, 3.63) is 16.7 Å². The summed E-state index contributed by atoms with van der Waals surface area (Å²) in [6, 6.07) is 0. The predicted octanol–water partition coefficient (Wildman–Crippen LogP) is -2.38. The molecule has 5 heteroatoms. The Labute approximate surface area is 59.1 Å². The lowest BCUT2D eigenvalue weighted by Gasteiger charge is -1.99. The Morgan fingerprint density at radius 3 is 2.90 bits per heavy atom. The molecule has 4 nitrogen and oxygen atoms in total. The number of hydrogen-bond donors (Lipinski definition) is 1. The molecule has 52 valence electrons. The summed E-state index contributed by atoms with van der Waals surface area (Å²) in [6.45, 7) is 0. The van der Waals surface area contributed by atoms with Gasteiger partial charge in [-0.3, -0.25) is 0 Å². The second-order valence-electron chi connectivity index (χ2n) is 2.20. The molecule has 0 radical (unpaired) electrons. The van der Waals surface area contributed by atoms with Crippen LogP contribution in [0.25, 0.3) is 0 Å². The molecule has 0 aliphatic heterocycles. The third-order valence-corrected chi connectivity index (χ3v) is 1.31. The predicted molar refractivity (Wildman–Crippen MR) is 42.1 cm³/mol. The van der Waals surface area contributed by atoms with Crippen LogP contribution in [0.15, 0.2) is 11.0 Å². The third kappa shape index (κ3) is 1.02. The fraction of sp³-hybridized carbons (Fsp3) is 0.200. The van der Waals surface area contributed by atoms with E-state index in [-0.39, 0.29) is 5.69 Å². The van der Waals surface area contributed by atoms with E-state index in [2.05, 4.69) is 4.98 Å². The lowest BCUT2D eigenvalue weighted by Crippen LogP contribution is -2.27. The smallest absolute Gasteiger partial charge is 0.349 e. The molecule has 0 unspecified atom stereocenters. The van der Waals surface area contributed by atoms with Gasteiger partial charge in [0.05, 0.1) is 0 Å². The normalized spacial score (nSPS) is 9.70. The van der Waals surface area contributed by atoms with Crippen molar-refractivity contribution in [2.24, 2.45) is 7.05 Å². The number of rotatable bonds is 0. The molecule has 0 aromatic carbocycles. The van der Waals surface area contributed by atoms with Crippen molar-refractivity contribution in [2.45, 2.75) is 0 Å². The van der Waals surface area contributed by atoms with Crippen molar-refractivity contribution in [3.8, 4) is 0 Å². The maximum Gasteiger partial charge on any atom is 0.349 e. The Bertz CT molecular complexity index is 306. The molecule has 0 fully saturated rings. The summed E-state index contributed by atoms with van der Waals surface area (Å²) in [5.74, 6) is 0.308. The van der Waals surface area contributed by atoms with Crippen LogP contribution in [0.2, 0.25) is 0 Å². The molecule has 0 spiro atoms. The Balaban J connectivity index is 3.43. The van der Waals surface area contributed by atoms with Gasteiger partial charge in [-0.25, -0.2) is 4.79 Å². The van der Waals surface area contributed by atoms with Gasteiger partial charge in [-0.05, 0) is 5.46 Å². The number of hydrogen-bond acceptors (Lipinski definition) is 3. The molecule has 0 amide bonds. The number of anilines is 1. The van der Waals surface area contributed by atoms with Crippen LogP contribution in [0.5, 0.6) is 0 Å². The lowest BCUT2D eigenvalue weighted by molar-refractivity contribution is 0.820. The zero-order valence-electron chi connectivity index (χ0n) is 5.96. The quantitative estimate of drug-likeness (QED) is 0.406. The summed E-state index contributed by atoms with van der Waals surface area (Å²) in [5.41, 5.74) is 5.87. The maximum absolute atomic E-state index is 10.8. The first-order valence-corrected chi connectivity index (χ1v) is 2.91. The van der Waals surface area contributed by atoms with Crippen molar-refractivity contribution in [3.63, 3.8) is 0 Å². The average molecular weight is 137 g/mol. The van der Waals surface area contributed by atoms with Gasteiger partial charge in [0, 0.05) is 13.2 Å². The second-order valence-corrected chi connectivity index (χ2v) is 2.20. The molecular weight excluding hydrogens is 129 g/mol. The topological polar surface area (TPSA) is 60.9 Å². The monoisotopic (exact) mass is 137 g/mol. The third-order valence-electron chi connectivity index (χ3n) is 1.31. The van der Waals surface area contributed by atoms with Crippen molar-refractivity contribution in [2.75, 3.05) is 5.73 Å². The average Bonchev–Trinajstić information content (AvgIpc) is 1.84. The highest BCUT2D eigenvalue weighted by molar-refractivity contribution is 6.34. The van der Waals surface area contributed by atoms with Gasteiger partial charge >= 0.3 is 5.69 Å². The molecule has 1 aromatic rings. The molecule has 0 atom stereocenters. The minimum absolute atomic E-state index is 0.308. The molecule has 1 heterocycles. The summed E-state index contributed by atoms with van der Waals surface area (Å²) >= 11 is 0. The van der Waals surface area contributed by atoms with Crippen molar-refractivity contribution in [1.29, 1.82) is 0 Å². The minimum Gasteiger partial charge on any atom is -0.384 e. The summed E-state index contributed by atoms with van der Waals surface area (Å²) in [7, 11) is 3.45. The fourth-order valence-corrected chi connectivity index (χ4v) is 0.682. The maximum atomic E-state index is 10.8. The summed E-state index contributed by atoms with van der Waals surface area (Å²) in [4.78, 5) is 14.3. The van der Waals surface area contributed by atoms with Gasteiger partial charge in [0.25, 0.3) is 0 Å². The van der Waals surface area contributed by atoms with Crippen LogP contribution in [0.4, 0.5) is 5.82 Å². The summed E-state index contributed by atoms with van der Waals surface area (Å²) in [6.07, 6.45) is 1.66. The highest BCUT2D eigenvalue weighted by Crippen LogP contribution is 1.80. The van der Waals surface area contributed by atoms with Crippen molar-refractivity contribution < 1.29 is 0 Å². The van der Waals surface area contributed by atoms with E-state index in [0.717, 1.165) is 5.46 Å². The summed E-state index contributed by atoms with van der Waals surface area (Å²) in [5, 5.41) is 0. The van der Waals surface area contributed by atoms with Crippen LogP contribution in [0.3, 0.4) is 0 Å². The first-order valence-electron chi connectivity index (χ1n) is 2.91. The number of nitrogens with zero attached hydrogens (tertiary/aromatic N) is 2. The molecule has 0 saturated heterocycles. The van der Waals surface area contributed by atoms with Crippen molar-refractivity contribution in [1.82, 2.24) is 9.55 Å². The van der Waals surface area contributed by atoms with Gasteiger partial charge in [-0.2, -0.15) is 4.98 Å². The highest BCUT2D eigenvalue weighted by atomic mass is 16.1. The van der Waals surface area contributed by atoms with E-state index >= 15 is 0 Å². The van der Waals surface area contributed by atoms with Crippen LogP contribution in [0, 0.1) is 0 Å². The molecule has 0 aliphatic carbocycles. The SMILES string of the molecule is Bc1cn(C)c(=O)nc1N. The van der Waals surface area contributed by atoms with E-state index in [1.807, 2.05) is 7.85 Å². The lowest BCUT2D eigenvalue weighted by atomic mass is 9.99. The van der Waals surface area contributed by atoms with Gasteiger partial charge in [-0.15, -0.1) is 0 Å².